The van der Waals surface area contributed by atoms with E-state index in [-0.39, 0.29) is 5.82 Å². The number of anilines is 1. The van der Waals surface area contributed by atoms with E-state index in [2.05, 4.69) is 10.2 Å². The average Bonchev–Trinajstić information content (AvgIpc) is 2.68. The quantitative estimate of drug-likeness (QED) is 0.776. The molecule has 21 heavy (non-hydrogen) atoms. The van der Waals surface area contributed by atoms with Crippen molar-refractivity contribution in [2.75, 3.05) is 5.73 Å². The van der Waals surface area contributed by atoms with Gasteiger partial charge in [-0.3, -0.25) is 5.10 Å². The van der Waals surface area contributed by atoms with Crippen LogP contribution in [-0.4, -0.2) is 10.2 Å². The summed E-state index contributed by atoms with van der Waals surface area (Å²) < 4.78 is 14.2. The van der Waals surface area contributed by atoms with E-state index in [1.165, 1.54) is 31.7 Å². The minimum Gasteiger partial charge on any atom is -0.382 e. The second-order valence-electron chi connectivity index (χ2n) is 5.68. The summed E-state index contributed by atoms with van der Waals surface area (Å²) in [4.78, 5) is 0. The molecule has 5 heteroatoms. The monoisotopic (exact) mass is 307 g/mol. The zero-order valence-electron chi connectivity index (χ0n) is 11.8. The molecule has 0 amide bonds. The van der Waals surface area contributed by atoms with Crippen molar-refractivity contribution in [2.24, 2.45) is 0 Å². The minimum atomic E-state index is -0.356. The number of aromatic nitrogens is 2. The maximum Gasteiger partial charge on any atom is 0.153 e. The highest BCUT2D eigenvalue weighted by Crippen LogP contribution is 2.41. The lowest BCUT2D eigenvalue weighted by molar-refractivity contribution is 0.576. The van der Waals surface area contributed by atoms with Crippen LogP contribution >= 0.6 is 11.6 Å². The van der Waals surface area contributed by atoms with Gasteiger partial charge in [-0.2, -0.15) is 5.10 Å². The number of benzene rings is 1. The zero-order chi connectivity index (χ0) is 14.8. The third-order valence-electron chi connectivity index (χ3n) is 4.30. The molecule has 3 rings (SSSR count). The predicted molar refractivity (Wildman–Crippen MR) is 83.8 cm³/mol. The van der Waals surface area contributed by atoms with Gasteiger partial charge in [-0.15, -0.1) is 0 Å². The van der Waals surface area contributed by atoms with E-state index < -0.39 is 0 Å². The number of nitrogens with one attached hydrogen (secondary N) is 1. The Morgan fingerprint density at radius 3 is 2.52 bits per heavy atom. The normalized spacial score (nSPS) is 16.9. The molecule has 3 nitrogen and oxygen atoms in total. The van der Waals surface area contributed by atoms with Crippen LogP contribution in [0.4, 0.5) is 10.2 Å². The molecular formula is C16H19ClFN3. The number of aromatic amines is 1. The van der Waals surface area contributed by atoms with Crippen LogP contribution in [0, 0.1) is 5.82 Å². The van der Waals surface area contributed by atoms with Crippen molar-refractivity contribution in [3.05, 3.63) is 34.7 Å². The van der Waals surface area contributed by atoms with Crippen LogP contribution in [0.25, 0.3) is 11.1 Å². The maximum atomic E-state index is 14.2. The van der Waals surface area contributed by atoms with Gasteiger partial charge in [0.2, 0.25) is 0 Å². The third kappa shape index (κ3) is 2.77. The van der Waals surface area contributed by atoms with E-state index in [4.69, 9.17) is 17.3 Å². The van der Waals surface area contributed by atoms with Gasteiger partial charge < -0.3 is 5.73 Å². The molecule has 0 bridgehead atoms. The topological polar surface area (TPSA) is 54.7 Å². The molecule has 1 fully saturated rings. The van der Waals surface area contributed by atoms with E-state index >= 15 is 0 Å². The van der Waals surface area contributed by atoms with Crippen LogP contribution in [-0.2, 0) is 0 Å². The molecule has 0 atom stereocenters. The van der Waals surface area contributed by atoms with Crippen LogP contribution in [0.5, 0.6) is 0 Å². The van der Waals surface area contributed by atoms with Gasteiger partial charge in [0.15, 0.2) is 5.82 Å². The fourth-order valence-electron chi connectivity index (χ4n) is 3.23. The molecule has 0 spiro atoms. The molecule has 0 saturated heterocycles. The number of hydrogen-bond acceptors (Lipinski definition) is 2. The fraction of sp³-hybridized carbons (Fsp3) is 0.438. The maximum absolute atomic E-state index is 14.2. The summed E-state index contributed by atoms with van der Waals surface area (Å²) in [6, 6.07) is 4.69. The fourth-order valence-corrected chi connectivity index (χ4v) is 3.49. The molecule has 1 aromatic carbocycles. The molecule has 1 aliphatic rings. The van der Waals surface area contributed by atoms with Crippen LogP contribution < -0.4 is 5.73 Å². The molecule has 1 saturated carbocycles. The second-order valence-corrected chi connectivity index (χ2v) is 6.09. The summed E-state index contributed by atoms with van der Waals surface area (Å²) in [5.74, 6) is 0.315. The van der Waals surface area contributed by atoms with E-state index in [0.29, 0.717) is 27.9 Å². The Kier molecular flexibility index (Phi) is 4.15. The van der Waals surface area contributed by atoms with Gasteiger partial charge in [-0.1, -0.05) is 43.4 Å². The number of H-pyrrole nitrogens is 1. The Labute approximate surface area is 128 Å². The Hall–Kier alpha value is -1.55. The highest BCUT2D eigenvalue weighted by molar-refractivity contribution is 6.33. The van der Waals surface area contributed by atoms with Crippen LogP contribution in [0.2, 0.25) is 5.02 Å². The van der Waals surface area contributed by atoms with Gasteiger partial charge in [0.05, 0.1) is 10.6 Å². The summed E-state index contributed by atoms with van der Waals surface area (Å²) in [5.41, 5.74) is 7.93. The summed E-state index contributed by atoms with van der Waals surface area (Å²) in [7, 11) is 0. The lowest BCUT2D eigenvalue weighted by Gasteiger charge is -2.15. The molecule has 3 N–H and O–H groups in total. The smallest absolute Gasteiger partial charge is 0.153 e. The van der Waals surface area contributed by atoms with E-state index in [0.717, 1.165) is 18.5 Å². The predicted octanol–water partition coefficient (Wildman–Crippen LogP) is 4.89. The number of nitrogen functional groups attached to an aromatic ring is 1. The van der Waals surface area contributed by atoms with Crippen molar-refractivity contribution in [3.63, 3.8) is 0 Å². The summed E-state index contributed by atoms with van der Waals surface area (Å²) in [6.45, 7) is 0. The van der Waals surface area contributed by atoms with Gasteiger partial charge in [0.1, 0.15) is 5.82 Å². The summed E-state index contributed by atoms with van der Waals surface area (Å²) in [6.07, 6.45) is 7.06. The van der Waals surface area contributed by atoms with Crippen LogP contribution in [0.15, 0.2) is 18.2 Å². The van der Waals surface area contributed by atoms with Crippen LogP contribution in [0.3, 0.4) is 0 Å². The Bertz CT molecular complexity index is 610. The van der Waals surface area contributed by atoms with Crippen molar-refractivity contribution < 1.29 is 4.39 Å². The van der Waals surface area contributed by atoms with Crippen molar-refractivity contribution in [2.45, 2.75) is 44.4 Å². The van der Waals surface area contributed by atoms with E-state index in [9.17, 15) is 4.39 Å². The minimum absolute atomic E-state index is 0.321. The number of halogens is 2. The first-order chi connectivity index (χ1) is 10.2. The number of rotatable bonds is 2. The molecule has 1 aromatic heterocycles. The highest BCUT2D eigenvalue weighted by atomic mass is 35.5. The van der Waals surface area contributed by atoms with Gasteiger partial charge in [-0.05, 0) is 25.0 Å². The van der Waals surface area contributed by atoms with Crippen molar-refractivity contribution in [3.8, 4) is 11.1 Å². The first kappa shape index (κ1) is 14.4. The standard InChI is InChI=1S/C16H19ClFN3/c17-11-8-5-9-12(18)13(11)14-15(20-21-16(14)19)10-6-3-1-2-4-7-10/h5,8-10H,1-4,6-7H2,(H3,19,20,21). The first-order valence-corrected chi connectivity index (χ1v) is 7.84. The van der Waals surface area contributed by atoms with E-state index in [1.807, 2.05) is 0 Å². The van der Waals surface area contributed by atoms with Crippen molar-refractivity contribution in [1.82, 2.24) is 10.2 Å². The summed E-state index contributed by atoms with van der Waals surface area (Å²) in [5, 5.41) is 7.51. The molecule has 0 radical (unpaired) electrons. The lowest BCUT2D eigenvalue weighted by Crippen LogP contribution is -2.01. The van der Waals surface area contributed by atoms with Gasteiger partial charge in [0.25, 0.3) is 0 Å². The van der Waals surface area contributed by atoms with Gasteiger partial charge in [0, 0.05) is 17.2 Å². The number of hydrogen-bond donors (Lipinski definition) is 2. The second kappa shape index (κ2) is 6.06. The molecule has 0 aliphatic heterocycles. The molecular weight excluding hydrogens is 289 g/mol. The molecule has 1 aliphatic carbocycles. The Morgan fingerprint density at radius 1 is 1.14 bits per heavy atom. The zero-order valence-corrected chi connectivity index (χ0v) is 12.6. The summed E-state index contributed by atoms with van der Waals surface area (Å²) >= 11 is 6.20. The molecule has 112 valence electrons. The number of nitrogens with zero attached hydrogens (tertiary/aromatic N) is 1. The largest absolute Gasteiger partial charge is 0.382 e. The Morgan fingerprint density at radius 2 is 1.86 bits per heavy atom. The number of nitrogens with two attached hydrogens (primary N) is 1. The molecule has 2 aromatic rings. The van der Waals surface area contributed by atoms with Crippen LogP contribution in [0.1, 0.15) is 50.1 Å². The third-order valence-corrected chi connectivity index (χ3v) is 4.61. The SMILES string of the molecule is Nc1n[nH]c(C2CCCCCC2)c1-c1c(F)cccc1Cl. The highest BCUT2D eigenvalue weighted by Gasteiger charge is 2.25. The van der Waals surface area contributed by atoms with Crippen molar-refractivity contribution >= 4 is 17.4 Å². The lowest BCUT2D eigenvalue weighted by atomic mass is 9.91. The van der Waals surface area contributed by atoms with Crippen molar-refractivity contribution in [1.29, 1.82) is 0 Å². The Balaban J connectivity index is 2.08. The first-order valence-electron chi connectivity index (χ1n) is 7.46. The van der Waals surface area contributed by atoms with Gasteiger partial charge >= 0.3 is 0 Å². The van der Waals surface area contributed by atoms with E-state index in [1.54, 1.807) is 12.1 Å². The average molecular weight is 308 g/mol. The van der Waals surface area contributed by atoms with Gasteiger partial charge in [-0.25, -0.2) is 4.39 Å². The molecule has 0 unspecified atom stereocenters. The molecule has 1 heterocycles.